The van der Waals surface area contributed by atoms with Crippen molar-refractivity contribution in [1.82, 2.24) is 5.32 Å². The van der Waals surface area contributed by atoms with Crippen molar-refractivity contribution in [2.24, 2.45) is 0 Å². The molecule has 3 nitrogen and oxygen atoms in total. The third kappa shape index (κ3) is 1.70. The smallest absolute Gasteiger partial charge is 0.225 e. The molecule has 0 radical (unpaired) electrons. The van der Waals surface area contributed by atoms with Crippen LogP contribution in [0.2, 0.25) is 0 Å². The van der Waals surface area contributed by atoms with Gasteiger partial charge in [0.05, 0.1) is 33.1 Å². The molecule has 2 aliphatic rings. The number of carbonyl (C=O) groups excluding carboxylic acids is 1. The third-order valence-corrected chi connectivity index (χ3v) is 3.72. The Morgan fingerprint density at radius 2 is 2.23 bits per heavy atom. The van der Waals surface area contributed by atoms with Gasteiger partial charge in [-0.05, 0) is 12.8 Å². The van der Waals surface area contributed by atoms with Gasteiger partial charge < -0.3 is 9.80 Å². The molecule has 2 heterocycles. The average Bonchev–Trinajstić information content (AvgIpc) is 2.27. The van der Waals surface area contributed by atoms with Gasteiger partial charge in [-0.3, -0.25) is 4.79 Å². The molecule has 3 heteroatoms. The van der Waals surface area contributed by atoms with Gasteiger partial charge in [0.15, 0.2) is 0 Å². The molecule has 74 valence electrons. The molecule has 0 aliphatic carbocycles. The summed E-state index contributed by atoms with van der Waals surface area (Å²) in [5.74, 6) is 0.244. The van der Waals surface area contributed by atoms with Crippen molar-refractivity contribution < 1.29 is 9.28 Å². The number of nitrogens with zero attached hydrogens (tertiary/aromatic N) is 1. The summed E-state index contributed by atoms with van der Waals surface area (Å²) in [5, 5.41) is 3.01. The average molecular weight is 183 g/mol. The van der Waals surface area contributed by atoms with Gasteiger partial charge in [0.25, 0.3) is 0 Å². The maximum Gasteiger partial charge on any atom is 0.225 e. The van der Waals surface area contributed by atoms with E-state index in [2.05, 4.69) is 12.4 Å². The topological polar surface area (TPSA) is 29.1 Å². The Labute approximate surface area is 79.7 Å². The van der Waals surface area contributed by atoms with E-state index in [1.54, 1.807) is 0 Å². The molecular weight excluding hydrogens is 164 g/mol. The fourth-order valence-electron chi connectivity index (χ4n) is 2.64. The van der Waals surface area contributed by atoms with E-state index in [9.17, 15) is 4.79 Å². The summed E-state index contributed by atoms with van der Waals surface area (Å²) in [6.07, 6.45) is 4.68. The van der Waals surface area contributed by atoms with Crippen molar-refractivity contribution in [2.75, 3.05) is 26.7 Å². The zero-order chi connectivity index (χ0) is 9.31. The van der Waals surface area contributed by atoms with Crippen molar-refractivity contribution in [1.29, 1.82) is 0 Å². The number of hydrogen-bond donors (Lipinski definition) is 1. The number of quaternary nitrogens is 1. The van der Waals surface area contributed by atoms with E-state index in [0.29, 0.717) is 12.5 Å². The van der Waals surface area contributed by atoms with Gasteiger partial charge in [0, 0.05) is 6.42 Å². The molecule has 1 N–H and O–H groups in total. The first-order chi connectivity index (χ1) is 6.21. The first-order valence-electron chi connectivity index (χ1n) is 5.32. The number of carbonyl (C=O) groups is 1. The molecular formula is C10H19N2O+. The summed E-state index contributed by atoms with van der Waals surface area (Å²) in [6.45, 7) is 3.20. The summed E-state index contributed by atoms with van der Waals surface area (Å²) < 4.78 is 1.12. The van der Waals surface area contributed by atoms with Gasteiger partial charge in [-0.15, -0.1) is 0 Å². The lowest BCUT2D eigenvalue weighted by Crippen LogP contribution is -2.57. The van der Waals surface area contributed by atoms with E-state index in [1.165, 1.54) is 25.8 Å². The molecule has 2 rings (SSSR count). The summed E-state index contributed by atoms with van der Waals surface area (Å²) in [6, 6.07) is 0.681. The van der Waals surface area contributed by atoms with Crippen LogP contribution in [-0.2, 0) is 4.79 Å². The highest BCUT2D eigenvalue weighted by atomic mass is 16.1. The standard InChI is InChI=1S/C10H18N2O/c1-12-6-3-2-4-9(12)8-11-10(13)5-7-12/h9H,2-8H2,1H3/p+1/t9-,12?/m1/s1. The number of fused-ring (bicyclic) bond motifs is 1. The Balaban J connectivity index is 2.11. The Bertz CT molecular complexity index is 217. The van der Waals surface area contributed by atoms with Gasteiger partial charge >= 0.3 is 0 Å². The number of nitrogens with one attached hydrogen (secondary N) is 1. The van der Waals surface area contributed by atoms with Crippen LogP contribution in [0.4, 0.5) is 0 Å². The minimum atomic E-state index is 0.244. The quantitative estimate of drug-likeness (QED) is 0.545. The van der Waals surface area contributed by atoms with Crippen LogP contribution in [0.15, 0.2) is 0 Å². The number of amides is 1. The second-order valence-corrected chi connectivity index (χ2v) is 4.63. The Kier molecular flexibility index (Phi) is 2.28. The van der Waals surface area contributed by atoms with Crippen LogP contribution in [0.25, 0.3) is 0 Å². The van der Waals surface area contributed by atoms with Crippen LogP contribution in [0.1, 0.15) is 25.7 Å². The van der Waals surface area contributed by atoms with Crippen LogP contribution in [0, 0.1) is 0 Å². The lowest BCUT2D eigenvalue weighted by atomic mass is 9.99. The van der Waals surface area contributed by atoms with Gasteiger partial charge in [0.1, 0.15) is 6.04 Å². The van der Waals surface area contributed by atoms with Crippen molar-refractivity contribution in [3.63, 3.8) is 0 Å². The Morgan fingerprint density at radius 3 is 3.08 bits per heavy atom. The summed E-state index contributed by atoms with van der Waals surface area (Å²) in [5.41, 5.74) is 0. The minimum absolute atomic E-state index is 0.244. The van der Waals surface area contributed by atoms with Crippen LogP contribution >= 0.6 is 0 Å². The lowest BCUT2D eigenvalue weighted by Gasteiger charge is -2.43. The fraction of sp³-hybridized carbons (Fsp3) is 0.900. The Hall–Kier alpha value is -0.570. The molecule has 0 aromatic carbocycles. The molecule has 0 bridgehead atoms. The highest BCUT2D eigenvalue weighted by Gasteiger charge is 2.37. The van der Waals surface area contributed by atoms with Crippen LogP contribution < -0.4 is 5.32 Å². The van der Waals surface area contributed by atoms with Gasteiger partial charge in [0.2, 0.25) is 5.91 Å². The van der Waals surface area contributed by atoms with Crippen LogP contribution in [-0.4, -0.2) is 43.1 Å². The monoisotopic (exact) mass is 183 g/mol. The van der Waals surface area contributed by atoms with Crippen LogP contribution in [0.3, 0.4) is 0 Å². The molecule has 0 saturated carbocycles. The van der Waals surface area contributed by atoms with Crippen molar-refractivity contribution in [2.45, 2.75) is 31.7 Å². The normalized spacial score (nSPS) is 40.4. The molecule has 1 amide bonds. The molecule has 0 aromatic heterocycles. The Morgan fingerprint density at radius 1 is 1.38 bits per heavy atom. The first-order valence-corrected chi connectivity index (χ1v) is 5.32. The summed E-state index contributed by atoms with van der Waals surface area (Å²) >= 11 is 0. The molecule has 2 saturated heterocycles. The summed E-state index contributed by atoms with van der Waals surface area (Å²) in [7, 11) is 2.31. The summed E-state index contributed by atoms with van der Waals surface area (Å²) in [4.78, 5) is 11.2. The van der Waals surface area contributed by atoms with Crippen LogP contribution in [0.5, 0.6) is 0 Å². The molecule has 2 aliphatic heterocycles. The lowest BCUT2D eigenvalue weighted by molar-refractivity contribution is -0.935. The zero-order valence-electron chi connectivity index (χ0n) is 8.38. The fourth-order valence-corrected chi connectivity index (χ4v) is 2.64. The number of piperidine rings is 1. The van der Waals surface area contributed by atoms with E-state index in [4.69, 9.17) is 0 Å². The van der Waals surface area contributed by atoms with E-state index in [1.807, 2.05) is 0 Å². The van der Waals surface area contributed by atoms with Crippen molar-refractivity contribution in [3.8, 4) is 0 Å². The second-order valence-electron chi connectivity index (χ2n) is 4.63. The van der Waals surface area contributed by atoms with E-state index in [0.717, 1.165) is 17.6 Å². The molecule has 1 unspecified atom stereocenters. The number of hydrogen-bond acceptors (Lipinski definition) is 1. The molecule has 0 spiro atoms. The van der Waals surface area contributed by atoms with Crippen molar-refractivity contribution >= 4 is 5.91 Å². The van der Waals surface area contributed by atoms with E-state index >= 15 is 0 Å². The largest absolute Gasteiger partial charge is 0.350 e. The molecule has 0 aromatic rings. The van der Waals surface area contributed by atoms with Gasteiger partial charge in [-0.25, -0.2) is 0 Å². The van der Waals surface area contributed by atoms with E-state index < -0.39 is 0 Å². The number of rotatable bonds is 0. The first kappa shape index (κ1) is 9.00. The predicted octanol–water partition coefficient (Wildman–Crippen LogP) is 0.505. The number of likely N-dealkylation sites (N-methyl/N-ethyl adjacent to an activating group) is 1. The SMILES string of the molecule is C[N+]12CCCC[C@@H]1CNC(=O)CC2. The van der Waals surface area contributed by atoms with Gasteiger partial charge in [-0.1, -0.05) is 0 Å². The molecule has 2 atom stereocenters. The maximum absolute atomic E-state index is 11.2. The van der Waals surface area contributed by atoms with Crippen molar-refractivity contribution in [3.05, 3.63) is 0 Å². The zero-order valence-corrected chi connectivity index (χ0v) is 8.38. The van der Waals surface area contributed by atoms with E-state index in [-0.39, 0.29) is 5.91 Å². The predicted molar refractivity (Wildman–Crippen MR) is 51.2 cm³/mol. The highest BCUT2D eigenvalue weighted by Crippen LogP contribution is 2.25. The molecule has 2 fully saturated rings. The minimum Gasteiger partial charge on any atom is -0.350 e. The second kappa shape index (κ2) is 3.29. The highest BCUT2D eigenvalue weighted by molar-refractivity contribution is 5.76. The third-order valence-electron chi connectivity index (χ3n) is 3.72. The maximum atomic E-state index is 11.2. The van der Waals surface area contributed by atoms with Gasteiger partial charge in [-0.2, -0.15) is 0 Å². The molecule has 13 heavy (non-hydrogen) atoms.